The number of nitrogens with two attached hydrogens (primary N) is 1. The SMILES string of the molecule is CC(C)(O)c1cnnn1[C@H]1C[C@@H](C(=O)NC2(C(=O)C(N)=O)CCOCC2)N(C(=O)[C@@H](CC2CCCCC2)NC(=O)Nc2ccc(C(F)(F)F)cc2)C1. The minimum absolute atomic E-state index is 0.0186. The summed E-state index contributed by atoms with van der Waals surface area (Å²) in [5.74, 6) is -3.50. The number of urea groups is 1. The second kappa shape index (κ2) is 15.6. The molecular weight excluding hydrogens is 689 g/mol. The van der Waals surface area contributed by atoms with E-state index in [0.717, 1.165) is 56.4 Å². The molecule has 18 heteroatoms. The van der Waals surface area contributed by atoms with Crippen LogP contribution in [0, 0.1) is 5.92 Å². The van der Waals surface area contributed by atoms with Crippen molar-refractivity contribution in [3.63, 3.8) is 0 Å². The highest BCUT2D eigenvalue weighted by atomic mass is 19.4. The van der Waals surface area contributed by atoms with Gasteiger partial charge in [0.15, 0.2) is 0 Å². The molecule has 0 unspecified atom stereocenters. The summed E-state index contributed by atoms with van der Waals surface area (Å²) >= 11 is 0. The Morgan fingerprint density at radius 3 is 2.31 bits per heavy atom. The fraction of sp³-hybridized carbons (Fsp3) is 0.618. The molecule has 2 aromatic rings. The first-order valence-electron chi connectivity index (χ1n) is 17.4. The van der Waals surface area contributed by atoms with E-state index in [2.05, 4.69) is 26.3 Å². The number of benzene rings is 1. The lowest BCUT2D eigenvalue weighted by Crippen LogP contribution is -2.64. The van der Waals surface area contributed by atoms with Crippen molar-refractivity contribution in [2.75, 3.05) is 25.1 Å². The fourth-order valence-corrected chi connectivity index (χ4v) is 7.36. The van der Waals surface area contributed by atoms with E-state index >= 15 is 0 Å². The Bertz CT molecular complexity index is 1630. The first-order chi connectivity index (χ1) is 24.5. The third-order valence-corrected chi connectivity index (χ3v) is 10.1. The van der Waals surface area contributed by atoms with Gasteiger partial charge in [0.05, 0.1) is 23.5 Å². The highest BCUT2D eigenvalue weighted by molar-refractivity contribution is 6.39. The zero-order chi connectivity index (χ0) is 37.8. The average molecular weight is 735 g/mol. The van der Waals surface area contributed by atoms with E-state index in [1.165, 1.54) is 29.6 Å². The normalized spacial score (nSPS) is 21.6. The van der Waals surface area contributed by atoms with Crippen molar-refractivity contribution in [2.45, 2.75) is 107 Å². The molecule has 5 amide bonds. The Balaban J connectivity index is 1.44. The molecule has 52 heavy (non-hydrogen) atoms. The fourth-order valence-electron chi connectivity index (χ4n) is 7.36. The molecule has 1 aromatic heterocycles. The van der Waals surface area contributed by atoms with E-state index < -0.39 is 70.5 Å². The minimum atomic E-state index is -4.56. The standard InChI is InChI=1S/C34H45F3N8O7/c1-32(2,51)26-18-39-43-45(26)23-17-25(29(48)42-33(27(46)28(38)47)12-14-52-15-13-33)44(19-23)30(49)24(16-20-6-4-3-5-7-20)41-31(50)40-22-10-8-21(9-11-22)34(35,36)37/h8-11,18,20,23-25,51H,3-7,12-17,19H2,1-2H3,(H2,38,47)(H,42,48)(H2,40,41,50)/t23-,24+,25-/m0/s1. The van der Waals surface area contributed by atoms with Crippen LogP contribution in [0.2, 0.25) is 0 Å². The second-order valence-corrected chi connectivity index (χ2v) is 14.4. The summed E-state index contributed by atoms with van der Waals surface area (Å²) in [5, 5.41) is 26.8. The number of likely N-dealkylation sites (tertiary alicyclic amines) is 1. The van der Waals surface area contributed by atoms with Crippen LogP contribution in [0.3, 0.4) is 0 Å². The van der Waals surface area contributed by atoms with Crippen molar-refractivity contribution in [3.05, 3.63) is 41.7 Å². The van der Waals surface area contributed by atoms with Crippen molar-refractivity contribution in [3.8, 4) is 0 Å². The summed E-state index contributed by atoms with van der Waals surface area (Å²) in [4.78, 5) is 68.5. The van der Waals surface area contributed by atoms with Gasteiger partial charge in [-0.2, -0.15) is 13.2 Å². The maximum atomic E-state index is 14.6. The summed E-state index contributed by atoms with van der Waals surface area (Å²) in [5.41, 5.74) is 1.83. The number of hydrogen-bond donors (Lipinski definition) is 5. The molecule has 3 atom stereocenters. The smallest absolute Gasteiger partial charge is 0.384 e. The summed E-state index contributed by atoms with van der Waals surface area (Å²) < 4.78 is 46.1. The van der Waals surface area contributed by atoms with Crippen LogP contribution in [-0.4, -0.2) is 91.9 Å². The molecule has 2 saturated heterocycles. The second-order valence-electron chi connectivity index (χ2n) is 14.4. The highest BCUT2D eigenvalue weighted by Gasteiger charge is 2.49. The van der Waals surface area contributed by atoms with Crippen LogP contribution < -0.4 is 21.7 Å². The lowest BCUT2D eigenvalue weighted by Gasteiger charge is -2.37. The van der Waals surface area contributed by atoms with Gasteiger partial charge >= 0.3 is 12.2 Å². The lowest BCUT2D eigenvalue weighted by atomic mass is 9.84. The van der Waals surface area contributed by atoms with Crippen LogP contribution in [0.25, 0.3) is 0 Å². The number of carbonyl (C=O) groups is 5. The summed E-state index contributed by atoms with van der Waals surface area (Å²) in [6.07, 6.45) is 1.51. The van der Waals surface area contributed by atoms with Crippen LogP contribution >= 0.6 is 0 Å². The van der Waals surface area contributed by atoms with Gasteiger partial charge in [-0.3, -0.25) is 19.2 Å². The number of ether oxygens (including phenoxy) is 1. The number of Topliss-reactive ketones (excluding diaryl/α,β-unsaturated/α-hetero) is 1. The number of aliphatic hydroxyl groups is 1. The number of hydrogen-bond acceptors (Lipinski definition) is 9. The first kappa shape index (κ1) is 38.6. The van der Waals surface area contributed by atoms with Crippen LogP contribution in [-0.2, 0) is 35.7 Å². The minimum Gasteiger partial charge on any atom is -0.384 e. The maximum Gasteiger partial charge on any atom is 0.416 e. The molecule has 0 spiro atoms. The molecule has 284 valence electrons. The maximum absolute atomic E-state index is 14.6. The molecular formula is C34H45F3N8O7. The number of nitrogens with zero attached hydrogens (tertiary/aromatic N) is 4. The van der Waals surface area contributed by atoms with E-state index in [0.29, 0.717) is 5.69 Å². The number of carbonyl (C=O) groups excluding carboxylic acids is 5. The molecule has 1 aromatic carbocycles. The van der Waals surface area contributed by atoms with Gasteiger partial charge < -0.3 is 36.4 Å². The Hall–Kier alpha value is -4.58. The number of anilines is 1. The largest absolute Gasteiger partial charge is 0.416 e. The van der Waals surface area contributed by atoms with Crippen molar-refractivity contribution in [2.24, 2.45) is 11.7 Å². The molecule has 0 radical (unpaired) electrons. The van der Waals surface area contributed by atoms with Crippen molar-refractivity contribution in [1.29, 1.82) is 0 Å². The van der Waals surface area contributed by atoms with Gasteiger partial charge in [-0.25, -0.2) is 9.48 Å². The molecule has 3 aliphatic rings. The number of amides is 5. The number of primary amides is 1. The molecule has 3 heterocycles. The molecule has 3 fully saturated rings. The molecule has 15 nitrogen and oxygen atoms in total. The topological polar surface area (TPSA) is 211 Å². The predicted octanol–water partition coefficient (Wildman–Crippen LogP) is 2.55. The van der Waals surface area contributed by atoms with Gasteiger partial charge in [0, 0.05) is 44.7 Å². The number of aromatic nitrogens is 3. The van der Waals surface area contributed by atoms with E-state index in [4.69, 9.17) is 10.5 Å². The van der Waals surface area contributed by atoms with Crippen molar-refractivity contribution >= 4 is 35.2 Å². The van der Waals surface area contributed by atoms with E-state index in [-0.39, 0.29) is 57.0 Å². The Labute approximate surface area is 298 Å². The Morgan fingerprint density at radius 1 is 1.06 bits per heavy atom. The average Bonchev–Trinajstić information content (AvgIpc) is 3.77. The molecule has 5 rings (SSSR count). The van der Waals surface area contributed by atoms with Gasteiger partial charge in [0.1, 0.15) is 23.2 Å². The zero-order valence-electron chi connectivity index (χ0n) is 29.1. The number of halogens is 3. The van der Waals surface area contributed by atoms with Crippen molar-refractivity contribution in [1.82, 2.24) is 30.5 Å². The van der Waals surface area contributed by atoms with Crippen molar-refractivity contribution < 1.29 is 47.0 Å². The van der Waals surface area contributed by atoms with Crippen LogP contribution in [0.5, 0.6) is 0 Å². The highest BCUT2D eigenvalue weighted by Crippen LogP contribution is 2.35. The van der Waals surface area contributed by atoms with Crippen LogP contribution in [0.4, 0.5) is 23.7 Å². The third kappa shape index (κ3) is 8.89. The Morgan fingerprint density at radius 2 is 1.71 bits per heavy atom. The number of ketones is 1. The summed E-state index contributed by atoms with van der Waals surface area (Å²) in [6, 6.07) is -0.0158. The summed E-state index contributed by atoms with van der Waals surface area (Å²) in [7, 11) is 0. The van der Waals surface area contributed by atoms with Gasteiger partial charge in [0.2, 0.25) is 17.6 Å². The Kier molecular flexibility index (Phi) is 11.6. The third-order valence-electron chi connectivity index (χ3n) is 10.1. The quantitative estimate of drug-likeness (QED) is 0.215. The number of alkyl halides is 3. The molecule has 1 aliphatic carbocycles. The number of nitrogens with one attached hydrogen (secondary N) is 3. The molecule has 2 aliphatic heterocycles. The first-order valence-corrected chi connectivity index (χ1v) is 17.4. The zero-order valence-corrected chi connectivity index (χ0v) is 29.1. The monoisotopic (exact) mass is 734 g/mol. The van der Waals surface area contributed by atoms with Crippen LogP contribution in [0.15, 0.2) is 30.5 Å². The van der Waals surface area contributed by atoms with E-state index in [9.17, 15) is 42.3 Å². The van der Waals surface area contributed by atoms with Gasteiger partial charge in [-0.05, 0) is 50.5 Å². The lowest BCUT2D eigenvalue weighted by molar-refractivity contribution is -0.147. The van der Waals surface area contributed by atoms with Gasteiger partial charge in [-0.15, -0.1) is 5.10 Å². The summed E-state index contributed by atoms with van der Waals surface area (Å²) in [6.45, 7) is 3.13. The predicted molar refractivity (Wildman–Crippen MR) is 178 cm³/mol. The molecule has 0 bridgehead atoms. The van der Waals surface area contributed by atoms with E-state index in [1.807, 2.05) is 0 Å². The van der Waals surface area contributed by atoms with Gasteiger partial charge in [0.25, 0.3) is 5.91 Å². The van der Waals surface area contributed by atoms with Gasteiger partial charge in [-0.1, -0.05) is 37.3 Å². The number of rotatable bonds is 11. The van der Waals surface area contributed by atoms with Crippen LogP contribution in [0.1, 0.15) is 88.9 Å². The molecule has 1 saturated carbocycles. The molecule has 6 N–H and O–H groups in total. The van der Waals surface area contributed by atoms with E-state index in [1.54, 1.807) is 0 Å².